The fraction of sp³-hybridized carbons (Fsp3) is 0.0952. The van der Waals surface area contributed by atoms with E-state index in [-0.39, 0.29) is 21.2 Å². The molecule has 0 fully saturated rings. The van der Waals surface area contributed by atoms with Crippen LogP contribution in [0.2, 0.25) is 5.02 Å². The Morgan fingerprint density at radius 2 is 1.69 bits per heavy atom. The molecule has 0 unspecified atom stereocenters. The van der Waals surface area contributed by atoms with Crippen LogP contribution in [0.1, 0.15) is 15.9 Å². The Balaban J connectivity index is 1.73. The molecule has 3 rings (SSSR count). The van der Waals surface area contributed by atoms with Crippen molar-refractivity contribution in [1.29, 1.82) is 0 Å². The minimum Gasteiger partial charge on any atom is -0.497 e. The molecule has 0 aliphatic heterocycles. The standard InChI is InChI=1S/C21H19ClN2O4S/c1-28-17-10-7-15(8-11-17)14-23-21(25)19-13-16(9-12-20(19)22)24-29(26,27)18-5-3-2-4-6-18/h2-13,24H,14H2,1H3,(H,23,25). The number of nitrogens with one attached hydrogen (secondary N) is 2. The molecular weight excluding hydrogens is 412 g/mol. The lowest BCUT2D eigenvalue weighted by Gasteiger charge is -2.11. The SMILES string of the molecule is COc1ccc(CNC(=O)c2cc(NS(=O)(=O)c3ccccc3)ccc2Cl)cc1. The van der Waals surface area contributed by atoms with E-state index in [1.807, 2.05) is 12.1 Å². The van der Waals surface area contributed by atoms with Crippen LogP contribution in [0.25, 0.3) is 0 Å². The Hall–Kier alpha value is -3.03. The number of hydrogen-bond acceptors (Lipinski definition) is 4. The Morgan fingerprint density at radius 1 is 1.00 bits per heavy atom. The first-order valence-electron chi connectivity index (χ1n) is 8.67. The van der Waals surface area contributed by atoms with Crippen molar-refractivity contribution in [2.75, 3.05) is 11.8 Å². The Bertz CT molecular complexity index is 1100. The molecule has 0 aromatic heterocycles. The predicted octanol–water partition coefficient (Wildman–Crippen LogP) is 4.08. The van der Waals surface area contributed by atoms with Gasteiger partial charge in [-0.05, 0) is 48.0 Å². The number of amides is 1. The molecule has 29 heavy (non-hydrogen) atoms. The zero-order valence-electron chi connectivity index (χ0n) is 15.6. The fourth-order valence-corrected chi connectivity index (χ4v) is 3.87. The van der Waals surface area contributed by atoms with Gasteiger partial charge in [-0.1, -0.05) is 41.9 Å². The molecule has 8 heteroatoms. The summed E-state index contributed by atoms with van der Waals surface area (Å²) in [6, 6.07) is 19.6. The van der Waals surface area contributed by atoms with Crippen molar-refractivity contribution < 1.29 is 17.9 Å². The summed E-state index contributed by atoms with van der Waals surface area (Å²) in [5.41, 5.74) is 1.30. The Labute approximate surface area is 174 Å². The van der Waals surface area contributed by atoms with Crippen LogP contribution in [-0.2, 0) is 16.6 Å². The van der Waals surface area contributed by atoms with Crippen LogP contribution in [0.15, 0.2) is 77.7 Å². The molecule has 6 nitrogen and oxygen atoms in total. The number of rotatable bonds is 7. The molecule has 1 amide bonds. The van der Waals surface area contributed by atoms with Gasteiger partial charge < -0.3 is 10.1 Å². The number of sulfonamides is 1. The lowest BCUT2D eigenvalue weighted by molar-refractivity contribution is 0.0951. The predicted molar refractivity (Wildman–Crippen MR) is 113 cm³/mol. The van der Waals surface area contributed by atoms with Crippen LogP contribution in [-0.4, -0.2) is 21.4 Å². The minimum atomic E-state index is -3.77. The van der Waals surface area contributed by atoms with Crippen molar-refractivity contribution in [3.8, 4) is 5.75 Å². The number of halogens is 1. The summed E-state index contributed by atoms with van der Waals surface area (Å²) in [6.45, 7) is 0.291. The van der Waals surface area contributed by atoms with Crippen molar-refractivity contribution >= 4 is 33.2 Å². The first-order valence-corrected chi connectivity index (χ1v) is 10.5. The van der Waals surface area contributed by atoms with Crippen LogP contribution in [0.3, 0.4) is 0 Å². The van der Waals surface area contributed by atoms with E-state index in [0.717, 1.165) is 11.3 Å². The van der Waals surface area contributed by atoms with Crippen molar-refractivity contribution in [2.24, 2.45) is 0 Å². The fourth-order valence-electron chi connectivity index (χ4n) is 2.60. The molecule has 0 heterocycles. The lowest BCUT2D eigenvalue weighted by atomic mass is 10.1. The summed E-state index contributed by atoms with van der Waals surface area (Å²) in [7, 11) is -2.19. The average Bonchev–Trinajstić information content (AvgIpc) is 2.74. The average molecular weight is 431 g/mol. The maximum absolute atomic E-state index is 12.6. The normalized spacial score (nSPS) is 11.0. The van der Waals surface area contributed by atoms with E-state index >= 15 is 0 Å². The highest BCUT2D eigenvalue weighted by molar-refractivity contribution is 7.92. The highest BCUT2D eigenvalue weighted by Gasteiger charge is 2.16. The van der Waals surface area contributed by atoms with Crippen LogP contribution in [0.4, 0.5) is 5.69 Å². The first kappa shape index (κ1) is 20.7. The highest BCUT2D eigenvalue weighted by atomic mass is 35.5. The van der Waals surface area contributed by atoms with Gasteiger partial charge in [0.25, 0.3) is 15.9 Å². The van der Waals surface area contributed by atoms with E-state index in [2.05, 4.69) is 10.0 Å². The van der Waals surface area contributed by atoms with Gasteiger partial charge in [-0.2, -0.15) is 0 Å². The molecule has 0 aliphatic carbocycles. The van der Waals surface area contributed by atoms with E-state index in [4.69, 9.17) is 16.3 Å². The molecule has 0 radical (unpaired) electrons. The zero-order chi connectivity index (χ0) is 20.9. The molecule has 0 bridgehead atoms. The Morgan fingerprint density at radius 3 is 2.34 bits per heavy atom. The van der Waals surface area contributed by atoms with Gasteiger partial charge in [0.2, 0.25) is 0 Å². The van der Waals surface area contributed by atoms with Gasteiger partial charge in [0, 0.05) is 12.2 Å². The van der Waals surface area contributed by atoms with Crippen LogP contribution >= 0.6 is 11.6 Å². The summed E-state index contributed by atoms with van der Waals surface area (Å²) < 4.78 is 32.5. The maximum atomic E-state index is 12.6. The zero-order valence-corrected chi connectivity index (χ0v) is 17.1. The number of carbonyl (C=O) groups excluding carboxylic acids is 1. The van der Waals surface area contributed by atoms with Crippen LogP contribution in [0.5, 0.6) is 5.75 Å². The number of benzene rings is 3. The second kappa shape index (κ2) is 8.98. The van der Waals surface area contributed by atoms with Crippen molar-refractivity contribution in [1.82, 2.24) is 5.32 Å². The van der Waals surface area contributed by atoms with Crippen molar-refractivity contribution in [3.63, 3.8) is 0 Å². The summed E-state index contributed by atoms with van der Waals surface area (Å²) in [6.07, 6.45) is 0. The van der Waals surface area contributed by atoms with Crippen LogP contribution < -0.4 is 14.8 Å². The Kier molecular flexibility index (Phi) is 6.41. The van der Waals surface area contributed by atoms with E-state index in [9.17, 15) is 13.2 Å². The highest BCUT2D eigenvalue weighted by Crippen LogP contribution is 2.23. The van der Waals surface area contributed by atoms with E-state index < -0.39 is 15.9 Å². The smallest absolute Gasteiger partial charge is 0.261 e. The lowest BCUT2D eigenvalue weighted by Crippen LogP contribution is -2.23. The quantitative estimate of drug-likeness (QED) is 0.591. The number of ether oxygens (including phenoxy) is 1. The molecule has 3 aromatic carbocycles. The maximum Gasteiger partial charge on any atom is 0.261 e. The summed E-state index contributed by atoms with van der Waals surface area (Å²) in [4.78, 5) is 12.7. The summed E-state index contributed by atoms with van der Waals surface area (Å²) in [5.74, 6) is 0.313. The largest absolute Gasteiger partial charge is 0.497 e. The molecule has 0 saturated heterocycles. The topological polar surface area (TPSA) is 84.5 Å². The van der Waals surface area contributed by atoms with E-state index in [1.54, 1.807) is 37.4 Å². The van der Waals surface area contributed by atoms with Crippen molar-refractivity contribution in [3.05, 3.63) is 88.9 Å². The van der Waals surface area contributed by atoms with Gasteiger partial charge in [-0.25, -0.2) is 8.42 Å². The number of methoxy groups -OCH3 is 1. The number of hydrogen-bond donors (Lipinski definition) is 2. The molecule has 3 aromatic rings. The van der Waals surface area contributed by atoms with Gasteiger partial charge in [0.1, 0.15) is 5.75 Å². The summed E-state index contributed by atoms with van der Waals surface area (Å²) >= 11 is 6.15. The van der Waals surface area contributed by atoms with E-state index in [1.165, 1.54) is 30.3 Å². The third-order valence-electron chi connectivity index (χ3n) is 4.13. The molecule has 150 valence electrons. The van der Waals surface area contributed by atoms with Crippen LogP contribution in [0, 0.1) is 0 Å². The van der Waals surface area contributed by atoms with Crippen molar-refractivity contribution in [2.45, 2.75) is 11.4 Å². The monoisotopic (exact) mass is 430 g/mol. The van der Waals surface area contributed by atoms with Gasteiger partial charge in [0.15, 0.2) is 0 Å². The van der Waals surface area contributed by atoms with Gasteiger partial charge in [0.05, 0.1) is 22.6 Å². The van der Waals surface area contributed by atoms with Gasteiger partial charge in [-0.3, -0.25) is 9.52 Å². The molecule has 2 N–H and O–H groups in total. The second-order valence-electron chi connectivity index (χ2n) is 6.14. The third-order valence-corrected chi connectivity index (χ3v) is 5.86. The second-order valence-corrected chi connectivity index (χ2v) is 8.23. The summed E-state index contributed by atoms with van der Waals surface area (Å²) in [5, 5.41) is 3.00. The van der Waals surface area contributed by atoms with E-state index in [0.29, 0.717) is 6.54 Å². The minimum absolute atomic E-state index is 0.125. The van der Waals surface area contributed by atoms with Gasteiger partial charge in [-0.15, -0.1) is 0 Å². The molecule has 0 atom stereocenters. The molecule has 0 saturated carbocycles. The molecular formula is C21H19ClN2O4S. The molecule has 0 spiro atoms. The number of carbonyl (C=O) groups is 1. The third kappa shape index (κ3) is 5.28. The molecule has 0 aliphatic rings. The van der Waals surface area contributed by atoms with Gasteiger partial charge >= 0.3 is 0 Å². The first-order chi connectivity index (χ1) is 13.9. The number of anilines is 1.